The summed E-state index contributed by atoms with van der Waals surface area (Å²) in [6.07, 6.45) is 4.53. The smallest absolute Gasteiger partial charge is 0.240 e. The third-order valence-electron chi connectivity index (χ3n) is 3.33. The predicted octanol–water partition coefficient (Wildman–Crippen LogP) is 2.36. The van der Waals surface area contributed by atoms with E-state index in [4.69, 9.17) is 0 Å². The molecule has 4 nitrogen and oxygen atoms in total. The highest BCUT2D eigenvalue weighted by molar-refractivity contribution is 7.89. The Balaban J connectivity index is 1.97. The van der Waals surface area contributed by atoms with Crippen LogP contribution in [0.1, 0.15) is 43.0 Å². The number of ketones is 1. The number of nitrogens with one attached hydrogen (secondary N) is 1. The minimum atomic E-state index is -3.50. The molecule has 0 radical (unpaired) electrons. The van der Waals surface area contributed by atoms with Gasteiger partial charge in [-0.15, -0.1) is 0 Å². The van der Waals surface area contributed by atoms with Crippen molar-refractivity contribution in [1.29, 1.82) is 0 Å². The topological polar surface area (TPSA) is 63.2 Å². The van der Waals surface area contributed by atoms with E-state index < -0.39 is 10.0 Å². The monoisotopic (exact) mass is 281 g/mol. The molecule has 1 aliphatic rings. The number of rotatable bonds is 7. The van der Waals surface area contributed by atoms with Crippen molar-refractivity contribution in [2.24, 2.45) is 5.92 Å². The first-order valence-electron chi connectivity index (χ1n) is 6.60. The second-order valence-electron chi connectivity index (χ2n) is 5.07. The average Bonchev–Trinajstić information content (AvgIpc) is 3.19. The first-order valence-corrected chi connectivity index (χ1v) is 8.08. The summed E-state index contributed by atoms with van der Waals surface area (Å²) < 4.78 is 26.7. The first-order chi connectivity index (χ1) is 8.99. The van der Waals surface area contributed by atoms with Crippen molar-refractivity contribution < 1.29 is 13.2 Å². The number of benzene rings is 1. The molecule has 0 amide bonds. The van der Waals surface area contributed by atoms with Gasteiger partial charge in [-0.2, -0.15) is 0 Å². The van der Waals surface area contributed by atoms with Gasteiger partial charge in [-0.1, -0.05) is 25.0 Å². The van der Waals surface area contributed by atoms with Crippen LogP contribution in [0.3, 0.4) is 0 Å². The molecule has 1 N–H and O–H groups in total. The second-order valence-corrected chi connectivity index (χ2v) is 6.83. The average molecular weight is 281 g/mol. The molecule has 0 aromatic heterocycles. The molecule has 0 heterocycles. The Morgan fingerprint density at radius 2 is 2.11 bits per heavy atom. The fourth-order valence-electron chi connectivity index (χ4n) is 1.97. The van der Waals surface area contributed by atoms with Gasteiger partial charge in [0.15, 0.2) is 5.78 Å². The molecule has 2 rings (SSSR count). The van der Waals surface area contributed by atoms with Crippen LogP contribution in [0, 0.1) is 5.92 Å². The quantitative estimate of drug-likeness (QED) is 0.616. The molecule has 104 valence electrons. The maximum atomic E-state index is 12.0. The van der Waals surface area contributed by atoms with Crippen LogP contribution in [0.2, 0.25) is 0 Å². The van der Waals surface area contributed by atoms with E-state index in [9.17, 15) is 13.2 Å². The first kappa shape index (κ1) is 14.2. The molecule has 0 spiro atoms. The molecule has 19 heavy (non-hydrogen) atoms. The molecule has 1 aliphatic carbocycles. The van der Waals surface area contributed by atoms with Crippen molar-refractivity contribution in [2.45, 2.75) is 37.5 Å². The number of hydrogen-bond acceptors (Lipinski definition) is 3. The van der Waals surface area contributed by atoms with Crippen molar-refractivity contribution in [2.75, 3.05) is 6.54 Å². The second kappa shape index (κ2) is 5.84. The summed E-state index contributed by atoms with van der Waals surface area (Å²) in [6, 6.07) is 6.14. The maximum Gasteiger partial charge on any atom is 0.240 e. The third kappa shape index (κ3) is 4.14. The molecular weight excluding hydrogens is 262 g/mol. The fourth-order valence-corrected chi connectivity index (χ4v) is 3.09. The molecule has 1 aromatic carbocycles. The number of sulfonamides is 1. The van der Waals surface area contributed by atoms with Gasteiger partial charge < -0.3 is 0 Å². The fraction of sp³-hybridized carbons (Fsp3) is 0.500. The lowest BCUT2D eigenvalue weighted by atomic mass is 10.2. The Kier molecular flexibility index (Phi) is 4.37. The van der Waals surface area contributed by atoms with Crippen molar-refractivity contribution in [3.8, 4) is 0 Å². The van der Waals surface area contributed by atoms with Crippen molar-refractivity contribution >= 4 is 15.8 Å². The molecule has 1 saturated carbocycles. The van der Waals surface area contributed by atoms with Gasteiger partial charge in [0.1, 0.15) is 0 Å². The van der Waals surface area contributed by atoms with Crippen LogP contribution < -0.4 is 4.72 Å². The van der Waals surface area contributed by atoms with E-state index in [1.165, 1.54) is 31.9 Å². The highest BCUT2D eigenvalue weighted by Crippen LogP contribution is 2.33. The molecule has 0 saturated heterocycles. The standard InChI is InChI=1S/C14H19NO3S/c1-11(16)13-5-2-6-14(10-13)19(17,18)15-9-3-4-12-7-8-12/h2,5-6,10,12,15H,3-4,7-9H2,1H3. The van der Waals surface area contributed by atoms with Crippen molar-refractivity contribution in [1.82, 2.24) is 4.72 Å². The van der Waals surface area contributed by atoms with Gasteiger partial charge in [-0.25, -0.2) is 13.1 Å². The summed E-state index contributed by atoms with van der Waals surface area (Å²) in [4.78, 5) is 11.4. The largest absolute Gasteiger partial charge is 0.295 e. The van der Waals surface area contributed by atoms with E-state index in [2.05, 4.69) is 4.72 Å². The van der Waals surface area contributed by atoms with Crippen molar-refractivity contribution in [3.05, 3.63) is 29.8 Å². The van der Waals surface area contributed by atoms with E-state index in [-0.39, 0.29) is 10.7 Å². The molecule has 0 aliphatic heterocycles. The van der Waals surface area contributed by atoms with Gasteiger partial charge in [0.05, 0.1) is 4.90 Å². The van der Waals surface area contributed by atoms with Crippen LogP contribution in [0.4, 0.5) is 0 Å². The van der Waals surface area contributed by atoms with E-state index in [0.29, 0.717) is 12.1 Å². The number of carbonyl (C=O) groups is 1. The third-order valence-corrected chi connectivity index (χ3v) is 4.79. The number of Topliss-reactive ketones (excluding diaryl/α,β-unsaturated/α-hetero) is 1. The van der Waals surface area contributed by atoms with Crippen LogP contribution in [0.25, 0.3) is 0 Å². The zero-order chi connectivity index (χ0) is 13.9. The Bertz CT molecular complexity index is 562. The molecule has 0 unspecified atom stereocenters. The number of hydrogen-bond donors (Lipinski definition) is 1. The summed E-state index contributed by atoms with van der Waals surface area (Å²) in [5.41, 5.74) is 0.417. The van der Waals surface area contributed by atoms with Crippen molar-refractivity contribution in [3.63, 3.8) is 0 Å². The van der Waals surface area contributed by atoms with Gasteiger partial charge in [-0.3, -0.25) is 4.79 Å². The SMILES string of the molecule is CC(=O)c1cccc(S(=O)(=O)NCCCC2CC2)c1. The van der Waals surface area contributed by atoms with Gasteiger partial charge in [0.25, 0.3) is 0 Å². The summed E-state index contributed by atoms with van der Waals surface area (Å²) in [7, 11) is -3.50. The Morgan fingerprint density at radius 3 is 2.74 bits per heavy atom. The van der Waals surface area contributed by atoms with Crippen LogP contribution in [-0.4, -0.2) is 20.7 Å². The zero-order valence-corrected chi connectivity index (χ0v) is 11.9. The Hall–Kier alpha value is -1.20. The summed E-state index contributed by atoms with van der Waals surface area (Å²) >= 11 is 0. The molecule has 5 heteroatoms. The highest BCUT2D eigenvalue weighted by Gasteiger charge is 2.21. The van der Waals surface area contributed by atoms with Gasteiger partial charge >= 0.3 is 0 Å². The zero-order valence-electron chi connectivity index (χ0n) is 11.1. The minimum Gasteiger partial charge on any atom is -0.295 e. The van der Waals surface area contributed by atoms with Gasteiger partial charge in [0, 0.05) is 12.1 Å². The van der Waals surface area contributed by atoms with E-state index >= 15 is 0 Å². The Labute approximate surface area is 114 Å². The molecule has 0 atom stereocenters. The lowest BCUT2D eigenvalue weighted by Gasteiger charge is -2.07. The molecular formula is C14H19NO3S. The predicted molar refractivity (Wildman–Crippen MR) is 73.6 cm³/mol. The van der Waals surface area contributed by atoms with E-state index in [0.717, 1.165) is 18.8 Å². The Morgan fingerprint density at radius 1 is 1.37 bits per heavy atom. The molecule has 1 fully saturated rings. The normalized spacial score (nSPS) is 15.4. The van der Waals surface area contributed by atoms with Gasteiger partial charge in [-0.05, 0) is 37.8 Å². The summed E-state index contributed by atoms with van der Waals surface area (Å²) in [6.45, 7) is 1.89. The maximum absolute atomic E-state index is 12.0. The van der Waals surface area contributed by atoms with E-state index in [1.54, 1.807) is 12.1 Å². The van der Waals surface area contributed by atoms with Gasteiger partial charge in [0.2, 0.25) is 10.0 Å². The van der Waals surface area contributed by atoms with Crippen LogP contribution >= 0.6 is 0 Å². The molecule has 0 bridgehead atoms. The molecule has 1 aromatic rings. The van der Waals surface area contributed by atoms with Crippen LogP contribution in [0.15, 0.2) is 29.2 Å². The lowest BCUT2D eigenvalue weighted by Crippen LogP contribution is -2.25. The summed E-state index contributed by atoms with van der Waals surface area (Å²) in [5.74, 6) is 0.677. The highest BCUT2D eigenvalue weighted by atomic mass is 32.2. The number of carbonyl (C=O) groups excluding carboxylic acids is 1. The van der Waals surface area contributed by atoms with Crippen LogP contribution in [-0.2, 0) is 10.0 Å². The lowest BCUT2D eigenvalue weighted by molar-refractivity contribution is 0.101. The minimum absolute atomic E-state index is 0.134. The van der Waals surface area contributed by atoms with E-state index in [1.807, 2.05) is 0 Å². The summed E-state index contributed by atoms with van der Waals surface area (Å²) in [5, 5.41) is 0. The van der Waals surface area contributed by atoms with Crippen LogP contribution in [0.5, 0.6) is 0 Å².